The third kappa shape index (κ3) is 7.73. The predicted octanol–water partition coefficient (Wildman–Crippen LogP) is 8.28. The van der Waals surface area contributed by atoms with Gasteiger partial charge >= 0.3 is 146 Å². The topological polar surface area (TPSA) is 67.3 Å². The number of hydrogen-bond acceptors (Lipinski definition) is 4. The number of ketones is 1. The van der Waals surface area contributed by atoms with Crippen molar-refractivity contribution in [1.82, 2.24) is 4.98 Å². The van der Waals surface area contributed by atoms with Gasteiger partial charge in [0.2, 0.25) is 0 Å². The van der Waals surface area contributed by atoms with Gasteiger partial charge in [0.15, 0.2) is 5.78 Å². The number of allylic oxidation sites excluding steroid dienone is 3. The Morgan fingerprint density at radius 1 is 1.02 bits per heavy atom. The molecule has 6 heteroatoms. The number of hydrogen-bond donors (Lipinski definition) is 1. The van der Waals surface area contributed by atoms with Gasteiger partial charge in [-0.25, -0.2) is 0 Å². The van der Waals surface area contributed by atoms with Gasteiger partial charge in [0.25, 0.3) is 0 Å². The summed E-state index contributed by atoms with van der Waals surface area (Å²) in [6.07, 6.45) is 6.68. The first-order valence-electron chi connectivity index (χ1n) is 14.1. The minimum absolute atomic E-state index is 0. The van der Waals surface area contributed by atoms with Gasteiger partial charge in [-0.1, -0.05) is 27.7 Å². The van der Waals surface area contributed by atoms with E-state index in [1.165, 1.54) is 17.0 Å². The average Bonchev–Trinajstić information content (AvgIpc) is 3.22. The van der Waals surface area contributed by atoms with Crippen molar-refractivity contribution in [3.8, 4) is 11.3 Å². The van der Waals surface area contributed by atoms with Crippen molar-refractivity contribution in [1.29, 1.82) is 0 Å². The van der Waals surface area contributed by atoms with E-state index in [0.717, 1.165) is 57.9 Å². The summed E-state index contributed by atoms with van der Waals surface area (Å²) in [4.78, 5) is 18.2. The molecule has 0 saturated heterocycles. The van der Waals surface area contributed by atoms with Gasteiger partial charge in [0.05, 0.1) is 5.76 Å². The normalized spacial score (nSPS) is 14.6. The summed E-state index contributed by atoms with van der Waals surface area (Å²) in [5.41, 5.74) is 5.30. The minimum atomic E-state index is -2.06. The zero-order chi connectivity index (χ0) is 28.7. The van der Waals surface area contributed by atoms with Gasteiger partial charge in [-0.15, -0.1) is 0 Å². The van der Waals surface area contributed by atoms with Crippen LogP contribution in [-0.4, -0.2) is 29.7 Å². The number of aromatic nitrogens is 1. The molecule has 4 nitrogen and oxygen atoms in total. The number of benzene rings is 2. The van der Waals surface area contributed by atoms with Gasteiger partial charge in [0, 0.05) is 38.0 Å². The van der Waals surface area contributed by atoms with Crippen LogP contribution in [0.4, 0.5) is 0 Å². The summed E-state index contributed by atoms with van der Waals surface area (Å²) in [6.45, 7) is 14.5. The van der Waals surface area contributed by atoms with Gasteiger partial charge in [-0.2, -0.15) is 0 Å². The molecule has 1 unspecified atom stereocenters. The van der Waals surface area contributed by atoms with Crippen LogP contribution in [0.3, 0.4) is 0 Å². The molecule has 0 aliphatic carbocycles. The third-order valence-electron chi connectivity index (χ3n) is 7.57. The van der Waals surface area contributed by atoms with Gasteiger partial charge in [0.1, 0.15) is 0 Å². The second-order valence-electron chi connectivity index (χ2n) is 10.5. The van der Waals surface area contributed by atoms with Crippen LogP contribution in [0.2, 0.25) is 0 Å². The second kappa shape index (κ2) is 15.7. The number of aliphatic hydroxyl groups is 1. The fraction of sp³-hybridized carbons (Fsp3) is 0.412. The molecule has 1 atom stereocenters. The molecule has 0 saturated carbocycles. The van der Waals surface area contributed by atoms with E-state index in [2.05, 4.69) is 49.2 Å². The molecule has 0 fully saturated rings. The Labute approximate surface area is 257 Å². The maximum Gasteiger partial charge on any atom is 0.162 e. The Bertz CT molecular complexity index is 1400. The summed E-state index contributed by atoms with van der Waals surface area (Å²) in [6, 6.07) is 16.0. The molecular weight excluding hydrogens is 742 g/mol. The quantitative estimate of drug-likeness (QED) is 0.103. The first-order chi connectivity index (χ1) is 18.7. The average molecular weight is 784 g/mol. The van der Waals surface area contributed by atoms with Crippen LogP contribution in [0.1, 0.15) is 91.2 Å². The van der Waals surface area contributed by atoms with E-state index in [9.17, 15) is 13.7 Å². The predicted molar refractivity (Wildman–Crippen MR) is 164 cm³/mol. The van der Waals surface area contributed by atoms with E-state index in [4.69, 9.17) is 0 Å². The van der Waals surface area contributed by atoms with Crippen molar-refractivity contribution in [3.63, 3.8) is 0 Å². The largest absolute Gasteiger partial charge is 0.512 e. The molecular formula is C34H42IrNO3Se-. The number of carbonyl (C=O) groups excluding carboxylic acids is 1. The number of rotatable bonds is 9. The van der Waals surface area contributed by atoms with Crippen LogP contribution in [0.25, 0.3) is 27.6 Å². The van der Waals surface area contributed by atoms with Crippen LogP contribution in [-0.2, 0) is 28.7 Å². The molecule has 1 aliphatic rings. The maximum absolute atomic E-state index is 12.3. The molecule has 2 aromatic carbocycles. The summed E-state index contributed by atoms with van der Waals surface area (Å²) in [5.74, 6) is 0.962. The zero-order valence-electron chi connectivity index (χ0n) is 24.7. The molecule has 3 aromatic rings. The van der Waals surface area contributed by atoms with Crippen LogP contribution in [0.5, 0.6) is 0 Å². The number of pyridine rings is 1. The van der Waals surface area contributed by atoms with Gasteiger partial charge < -0.3 is 5.11 Å². The molecule has 0 spiro atoms. The Morgan fingerprint density at radius 2 is 1.65 bits per heavy atom. The van der Waals surface area contributed by atoms with Crippen LogP contribution in [0.15, 0.2) is 59.4 Å². The molecule has 40 heavy (non-hydrogen) atoms. The SMILES string of the molecule is CC1=C[Se](=O)c2ccnc(-c3[c-]c4ccccc4c(C(C)C)c3)c21.CCC(CC)C(=O)/C=C(\O)C(CC)CC.[Ir]. The zero-order valence-corrected chi connectivity index (χ0v) is 28.8. The second-order valence-corrected chi connectivity index (χ2v) is 13.1. The summed E-state index contributed by atoms with van der Waals surface area (Å²) >= 11 is -2.06. The van der Waals surface area contributed by atoms with E-state index in [0.29, 0.717) is 5.92 Å². The number of fused-ring (bicyclic) bond motifs is 2. The molecule has 4 rings (SSSR count). The van der Waals surface area contributed by atoms with E-state index >= 15 is 0 Å². The molecule has 1 aromatic heterocycles. The van der Waals surface area contributed by atoms with Crippen LogP contribution in [0, 0.1) is 17.9 Å². The van der Waals surface area contributed by atoms with Crippen molar-refractivity contribution in [2.24, 2.45) is 11.8 Å². The smallest absolute Gasteiger partial charge is 0.162 e. The molecule has 0 amide bonds. The van der Waals surface area contributed by atoms with E-state index in [-0.39, 0.29) is 43.5 Å². The van der Waals surface area contributed by atoms with E-state index < -0.39 is 13.8 Å². The van der Waals surface area contributed by atoms with E-state index in [1.807, 2.05) is 51.7 Å². The maximum atomic E-state index is 12.3. The molecule has 0 bridgehead atoms. The van der Waals surface area contributed by atoms with Crippen molar-refractivity contribution in [3.05, 3.63) is 76.6 Å². The number of aliphatic hydroxyl groups excluding tert-OH is 1. The van der Waals surface area contributed by atoms with Crippen molar-refractivity contribution >= 4 is 40.4 Å². The van der Waals surface area contributed by atoms with Gasteiger partial charge in [-0.05, 0) is 25.7 Å². The molecule has 1 radical (unpaired) electrons. The fourth-order valence-electron chi connectivity index (χ4n) is 5.12. The van der Waals surface area contributed by atoms with Gasteiger partial charge in [-0.3, -0.25) is 4.79 Å². The van der Waals surface area contributed by atoms with Crippen LogP contribution >= 0.6 is 0 Å². The summed E-state index contributed by atoms with van der Waals surface area (Å²) < 4.78 is 13.3. The van der Waals surface area contributed by atoms with Crippen molar-refractivity contribution in [2.75, 3.05) is 0 Å². The Kier molecular flexibility index (Phi) is 13.3. The number of nitrogens with zero attached hydrogens (tertiary/aromatic N) is 1. The van der Waals surface area contributed by atoms with Crippen molar-refractivity contribution < 1.29 is 33.8 Å². The Morgan fingerprint density at radius 3 is 2.25 bits per heavy atom. The van der Waals surface area contributed by atoms with Crippen LogP contribution < -0.4 is 4.46 Å². The Balaban J connectivity index is 0.000000307. The molecule has 2 heterocycles. The first-order valence-corrected chi connectivity index (χ1v) is 16.7. The minimum Gasteiger partial charge on any atom is -0.512 e. The molecule has 1 N–H and O–H groups in total. The molecule has 1 aliphatic heterocycles. The van der Waals surface area contributed by atoms with Crippen molar-refractivity contribution in [2.45, 2.75) is 80.1 Å². The Hall–Kier alpha value is -2.23. The molecule has 217 valence electrons. The number of carbonyl (C=O) groups is 1. The monoisotopic (exact) mass is 785 g/mol. The first kappa shape index (κ1) is 34.0. The fourth-order valence-corrected chi connectivity index (χ4v) is 7.68. The standard InChI is InChI=1S/C21H18NOSe.C13H24O2.Ir/c1-13(2)18-11-16(10-15-6-4-5-7-17(15)18)21-20-14(3)12-24(23)19(20)8-9-22-21;1-5-10(6-2)12(14)9-13(15)11(7-3)8-4;/h4-9,11-13H,1-3H3;9-11,14H,5-8H2,1-4H3;/q-1;;/b;12-9-;. The summed E-state index contributed by atoms with van der Waals surface area (Å²) in [5, 5.41) is 12.1. The summed E-state index contributed by atoms with van der Waals surface area (Å²) in [7, 11) is 0. The third-order valence-corrected chi connectivity index (χ3v) is 10.4. The van der Waals surface area contributed by atoms with E-state index in [1.54, 1.807) is 6.20 Å².